The van der Waals surface area contributed by atoms with Crippen molar-refractivity contribution in [3.05, 3.63) is 88.2 Å². The number of nitrogens with zero attached hydrogens (tertiary/aromatic N) is 2. The van der Waals surface area contributed by atoms with Crippen molar-refractivity contribution in [2.24, 2.45) is 0 Å². The van der Waals surface area contributed by atoms with Crippen LogP contribution in [0, 0.1) is 13.8 Å². The zero-order valence-electron chi connectivity index (χ0n) is 20.2. The van der Waals surface area contributed by atoms with Gasteiger partial charge in [0.25, 0.3) is 11.8 Å². The van der Waals surface area contributed by atoms with E-state index in [0.717, 1.165) is 39.5 Å². The molecular formula is C28H29N3O3. The van der Waals surface area contributed by atoms with E-state index in [1.54, 1.807) is 18.2 Å². The third-order valence-electron chi connectivity index (χ3n) is 6.29. The molecule has 0 aliphatic carbocycles. The number of nitrogens with one attached hydrogen (secondary N) is 1. The summed E-state index contributed by atoms with van der Waals surface area (Å²) in [6.07, 6.45) is 2.42. The number of carbonyl (C=O) groups excluding carboxylic acids is 3. The van der Waals surface area contributed by atoms with E-state index in [4.69, 9.17) is 0 Å². The second kappa shape index (κ2) is 9.14. The Hall–Kier alpha value is -3.93. The third kappa shape index (κ3) is 4.19. The van der Waals surface area contributed by atoms with Gasteiger partial charge < -0.3 is 4.57 Å². The van der Waals surface area contributed by atoms with Crippen molar-refractivity contribution in [1.82, 2.24) is 9.88 Å². The summed E-state index contributed by atoms with van der Waals surface area (Å²) in [4.78, 5) is 39.4. The summed E-state index contributed by atoms with van der Waals surface area (Å²) >= 11 is 0. The normalized spacial score (nSPS) is 15.4. The van der Waals surface area contributed by atoms with Crippen LogP contribution < -0.4 is 10.2 Å². The molecule has 2 heterocycles. The van der Waals surface area contributed by atoms with Crippen LogP contribution >= 0.6 is 0 Å². The number of carbonyl (C=O) groups is 3. The van der Waals surface area contributed by atoms with Gasteiger partial charge in [-0.25, -0.2) is 9.69 Å². The molecule has 6 nitrogen and oxygen atoms in total. The van der Waals surface area contributed by atoms with E-state index < -0.39 is 17.8 Å². The van der Waals surface area contributed by atoms with E-state index in [9.17, 15) is 14.4 Å². The SMILES string of the molecule is CCc1ccc(N2C(=O)NC(=O)/C(=C/c3cc(C)n(-c4ccc(C(C)C)cc4)c3C)C2=O)cc1. The van der Waals surface area contributed by atoms with E-state index >= 15 is 0 Å². The minimum atomic E-state index is -0.743. The maximum Gasteiger partial charge on any atom is 0.335 e. The first kappa shape index (κ1) is 23.2. The molecule has 0 spiro atoms. The van der Waals surface area contributed by atoms with Crippen LogP contribution in [0.25, 0.3) is 11.8 Å². The molecule has 6 heteroatoms. The number of imide groups is 2. The Balaban J connectivity index is 1.71. The van der Waals surface area contributed by atoms with Crippen molar-refractivity contribution in [3.63, 3.8) is 0 Å². The summed E-state index contributed by atoms with van der Waals surface area (Å²) < 4.78 is 2.09. The number of anilines is 1. The van der Waals surface area contributed by atoms with Crippen LogP contribution in [-0.4, -0.2) is 22.4 Å². The predicted octanol–water partition coefficient (Wildman–Crippen LogP) is 5.45. The lowest BCUT2D eigenvalue weighted by Crippen LogP contribution is -2.54. The van der Waals surface area contributed by atoms with Crippen molar-refractivity contribution in [2.45, 2.75) is 47.0 Å². The molecule has 1 saturated heterocycles. The van der Waals surface area contributed by atoms with Crippen LogP contribution in [0.2, 0.25) is 0 Å². The number of amides is 4. The predicted molar refractivity (Wildman–Crippen MR) is 134 cm³/mol. The fourth-order valence-electron chi connectivity index (χ4n) is 4.27. The fraction of sp³-hybridized carbons (Fsp3) is 0.250. The summed E-state index contributed by atoms with van der Waals surface area (Å²) in [5.41, 5.74) is 6.34. The highest BCUT2D eigenvalue weighted by Gasteiger charge is 2.37. The van der Waals surface area contributed by atoms with Gasteiger partial charge in [0.1, 0.15) is 5.57 Å². The van der Waals surface area contributed by atoms with Gasteiger partial charge in [0.2, 0.25) is 0 Å². The zero-order chi connectivity index (χ0) is 24.6. The van der Waals surface area contributed by atoms with Crippen molar-refractivity contribution in [3.8, 4) is 5.69 Å². The lowest BCUT2D eigenvalue weighted by Gasteiger charge is -2.26. The lowest BCUT2D eigenvalue weighted by atomic mass is 10.0. The Morgan fingerprint density at radius 3 is 2.12 bits per heavy atom. The first-order valence-corrected chi connectivity index (χ1v) is 11.5. The molecule has 0 unspecified atom stereocenters. The molecule has 34 heavy (non-hydrogen) atoms. The van der Waals surface area contributed by atoms with E-state index in [-0.39, 0.29) is 5.57 Å². The second-order valence-corrected chi connectivity index (χ2v) is 8.89. The minimum absolute atomic E-state index is 0.0745. The molecule has 0 bridgehead atoms. The van der Waals surface area contributed by atoms with Crippen LogP contribution in [0.15, 0.2) is 60.2 Å². The molecule has 0 saturated carbocycles. The van der Waals surface area contributed by atoms with Crippen molar-refractivity contribution < 1.29 is 14.4 Å². The van der Waals surface area contributed by atoms with Gasteiger partial charge in [-0.05, 0) is 79.3 Å². The van der Waals surface area contributed by atoms with Crippen molar-refractivity contribution in [1.29, 1.82) is 0 Å². The average molecular weight is 456 g/mol. The van der Waals surface area contributed by atoms with Gasteiger partial charge in [0.05, 0.1) is 5.69 Å². The third-order valence-corrected chi connectivity index (χ3v) is 6.29. The summed E-state index contributed by atoms with van der Waals surface area (Å²) in [5, 5.41) is 2.30. The summed E-state index contributed by atoms with van der Waals surface area (Å²) in [7, 11) is 0. The first-order chi connectivity index (χ1) is 16.2. The monoisotopic (exact) mass is 455 g/mol. The van der Waals surface area contributed by atoms with Crippen LogP contribution in [0.5, 0.6) is 0 Å². The Labute approximate surface area is 199 Å². The first-order valence-electron chi connectivity index (χ1n) is 11.5. The largest absolute Gasteiger partial charge is 0.335 e. The highest BCUT2D eigenvalue weighted by Crippen LogP contribution is 2.27. The van der Waals surface area contributed by atoms with Crippen molar-refractivity contribution in [2.75, 3.05) is 4.90 Å². The summed E-state index contributed by atoms with van der Waals surface area (Å²) in [6, 6.07) is 16.7. The van der Waals surface area contributed by atoms with Crippen molar-refractivity contribution >= 4 is 29.6 Å². The Morgan fingerprint density at radius 2 is 1.53 bits per heavy atom. The molecule has 174 valence electrons. The Bertz CT molecular complexity index is 1300. The maximum atomic E-state index is 13.2. The molecule has 3 aromatic rings. The topological polar surface area (TPSA) is 71.4 Å². The van der Waals surface area contributed by atoms with Gasteiger partial charge in [-0.3, -0.25) is 14.9 Å². The smallest absolute Gasteiger partial charge is 0.318 e. The minimum Gasteiger partial charge on any atom is -0.318 e. The number of hydrogen-bond donors (Lipinski definition) is 1. The molecule has 0 radical (unpaired) electrons. The Morgan fingerprint density at radius 1 is 0.912 bits per heavy atom. The van der Waals surface area contributed by atoms with Crippen LogP contribution in [0.1, 0.15) is 54.8 Å². The van der Waals surface area contributed by atoms with Gasteiger partial charge in [0.15, 0.2) is 0 Å². The molecule has 2 aromatic carbocycles. The molecule has 4 amide bonds. The van der Waals surface area contributed by atoms with Gasteiger partial charge in [0, 0.05) is 17.1 Å². The van der Waals surface area contributed by atoms with E-state index in [1.165, 1.54) is 5.56 Å². The van der Waals surface area contributed by atoms with E-state index in [0.29, 0.717) is 11.6 Å². The number of barbiturate groups is 1. The zero-order valence-corrected chi connectivity index (χ0v) is 20.2. The molecule has 0 atom stereocenters. The number of rotatable bonds is 5. The highest BCUT2D eigenvalue weighted by atomic mass is 16.2. The number of aryl methyl sites for hydroxylation is 2. The van der Waals surface area contributed by atoms with Crippen LogP contribution in [0.4, 0.5) is 10.5 Å². The summed E-state index contributed by atoms with van der Waals surface area (Å²) in [6.45, 7) is 10.3. The number of benzene rings is 2. The molecule has 1 N–H and O–H groups in total. The quantitative estimate of drug-likeness (QED) is 0.411. The molecule has 1 aliphatic rings. The van der Waals surface area contributed by atoms with Gasteiger partial charge in [-0.15, -0.1) is 0 Å². The standard InChI is InChI=1S/C28H29N3O3/c1-6-20-7-11-24(12-8-20)31-27(33)25(26(32)29-28(31)34)16-22-15-18(4)30(19(22)5)23-13-9-21(10-14-23)17(2)3/h7-17H,6H2,1-5H3,(H,29,32,34)/b25-16-. The van der Waals surface area contributed by atoms with Gasteiger partial charge in [-0.1, -0.05) is 45.0 Å². The second-order valence-electron chi connectivity index (χ2n) is 8.89. The molecule has 1 aromatic heterocycles. The average Bonchev–Trinajstić information content (AvgIpc) is 3.09. The molecule has 1 fully saturated rings. The number of urea groups is 1. The number of aromatic nitrogens is 1. The van der Waals surface area contributed by atoms with E-state index in [1.807, 2.05) is 39.0 Å². The van der Waals surface area contributed by atoms with E-state index in [2.05, 4.69) is 48.0 Å². The highest BCUT2D eigenvalue weighted by molar-refractivity contribution is 6.39. The van der Waals surface area contributed by atoms with Crippen LogP contribution in [-0.2, 0) is 16.0 Å². The fourth-order valence-corrected chi connectivity index (χ4v) is 4.27. The van der Waals surface area contributed by atoms with Gasteiger partial charge >= 0.3 is 6.03 Å². The molecular weight excluding hydrogens is 426 g/mol. The van der Waals surface area contributed by atoms with Crippen LogP contribution in [0.3, 0.4) is 0 Å². The molecule has 1 aliphatic heterocycles. The number of hydrogen-bond acceptors (Lipinski definition) is 3. The lowest BCUT2D eigenvalue weighted by molar-refractivity contribution is -0.122. The van der Waals surface area contributed by atoms with Gasteiger partial charge in [-0.2, -0.15) is 0 Å². The molecule has 4 rings (SSSR count). The summed E-state index contributed by atoms with van der Waals surface area (Å²) in [5.74, 6) is -0.882. The maximum absolute atomic E-state index is 13.2. The Kier molecular flexibility index (Phi) is 6.24.